The number of carbonyl (C=O) groups is 3. The van der Waals surface area contributed by atoms with E-state index in [0.717, 1.165) is 4.90 Å². The van der Waals surface area contributed by atoms with Crippen molar-refractivity contribution in [1.82, 2.24) is 4.90 Å². The first-order valence-electron chi connectivity index (χ1n) is 9.86. The molecule has 9 nitrogen and oxygen atoms in total. The largest absolute Gasteiger partial charge is 0.466 e. The van der Waals surface area contributed by atoms with Crippen LogP contribution in [-0.2, 0) is 23.9 Å². The van der Waals surface area contributed by atoms with Crippen molar-refractivity contribution in [3.05, 3.63) is 10.1 Å². The zero-order chi connectivity index (χ0) is 21.6. The van der Waals surface area contributed by atoms with Gasteiger partial charge in [-0.25, -0.2) is 0 Å². The van der Waals surface area contributed by atoms with Crippen LogP contribution in [0.15, 0.2) is 0 Å². The highest BCUT2D eigenvalue weighted by molar-refractivity contribution is 5.93. The van der Waals surface area contributed by atoms with E-state index in [1.807, 2.05) is 13.8 Å². The third kappa shape index (κ3) is 5.27. The molecule has 0 spiro atoms. The lowest BCUT2D eigenvalue weighted by atomic mass is 9.72. The monoisotopic (exact) mass is 400 g/mol. The van der Waals surface area contributed by atoms with Gasteiger partial charge in [0.1, 0.15) is 6.04 Å². The zero-order valence-corrected chi connectivity index (χ0v) is 17.5. The van der Waals surface area contributed by atoms with Gasteiger partial charge in [-0.2, -0.15) is 0 Å². The Morgan fingerprint density at radius 2 is 1.68 bits per heavy atom. The van der Waals surface area contributed by atoms with Gasteiger partial charge in [0.05, 0.1) is 24.7 Å². The Morgan fingerprint density at radius 1 is 1.14 bits per heavy atom. The van der Waals surface area contributed by atoms with Crippen LogP contribution >= 0.6 is 0 Å². The Kier molecular flexibility index (Phi) is 9.00. The van der Waals surface area contributed by atoms with Crippen LogP contribution in [0.5, 0.6) is 0 Å². The van der Waals surface area contributed by atoms with Crippen LogP contribution in [0.4, 0.5) is 0 Å². The van der Waals surface area contributed by atoms with Crippen molar-refractivity contribution in [3.8, 4) is 0 Å². The molecule has 1 fully saturated rings. The number of hydrogen-bond acceptors (Lipinski definition) is 7. The summed E-state index contributed by atoms with van der Waals surface area (Å²) in [5.41, 5.74) is 0. The fourth-order valence-corrected chi connectivity index (χ4v) is 4.01. The molecular weight excluding hydrogens is 368 g/mol. The molecule has 0 radical (unpaired) electrons. The zero-order valence-electron chi connectivity index (χ0n) is 17.5. The molecule has 1 saturated carbocycles. The third-order valence-corrected chi connectivity index (χ3v) is 5.48. The van der Waals surface area contributed by atoms with E-state index in [-0.39, 0.29) is 19.1 Å². The minimum absolute atomic E-state index is 0.114. The quantitative estimate of drug-likeness (QED) is 0.348. The maximum absolute atomic E-state index is 12.4. The summed E-state index contributed by atoms with van der Waals surface area (Å²) in [6.45, 7) is 9.86. The standard InChI is InChI=1S/C19H32N2O7/c1-7-14(8-2)28-18-11(4)15(19(24)27-9-3)10-16(21(25)26)17(18)20(12(5)22)13(6)23/h11,14-18H,7-10H2,1-6H3/t11-,15-,16+,17-,18-/m1/s1. The lowest BCUT2D eigenvalue weighted by molar-refractivity contribution is -0.538. The minimum atomic E-state index is -1.31. The van der Waals surface area contributed by atoms with Crippen LogP contribution in [0, 0.1) is 22.0 Å². The number of hydrogen-bond donors (Lipinski definition) is 0. The molecular formula is C19H32N2O7. The van der Waals surface area contributed by atoms with Gasteiger partial charge < -0.3 is 9.47 Å². The summed E-state index contributed by atoms with van der Waals surface area (Å²) in [7, 11) is 0. The molecule has 1 aliphatic rings. The summed E-state index contributed by atoms with van der Waals surface area (Å²) in [5, 5.41) is 11.9. The summed E-state index contributed by atoms with van der Waals surface area (Å²) in [4.78, 5) is 49.1. The predicted octanol–water partition coefficient (Wildman–Crippen LogP) is 2.19. The maximum Gasteiger partial charge on any atom is 0.309 e. The molecule has 160 valence electrons. The van der Waals surface area contributed by atoms with Crippen molar-refractivity contribution in [2.75, 3.05) is 6.61 Å². The van der Waals surface area contributed by atoms with Crippen LogP contribution in [0.3, 0.4) is 0 Å². The van der Waals surface area contributed by atoms with E-state index < -0.39 is 52.7 Å². The number of esters is 1. The molecule has 0 aromatic heterocycles. The van der Waals surface area contributed by atoms with Crippen molar-refractivity contribution in [2.24, 2.45) is 11.8 Å². The molecule has 1 aliphatic carbocycles. The van der Waals surface area contributed by atoms with Gasteiger partial charge in [0.25, 0.3) is 0 Å². The number of amides is 2. The first kappa shape index (κ1) is 24.0. The minimum Gasteiger partial charge on any atom is -0.466 e. The van der Waals surface area contributed by atoms with Crippen molar-refractivity contribution in [2.45, 2.75) is 85.1 Å². The fraction of sp³-hybridized carbons (Fsp3) is 0.842. The van der Waals surface area contributed by atoms with Gasteiger partial charge in [0, 0.05) is 25.2 Å². The molecule has 0 aromatic carbocycles. The van der Waals surface area contributed by atoms with Crippen LogP contribution in [0.25, 0.3) is 0 Å². The highest BCUT2D eigenvalue weighted by Gasteiger charge is 2.55. The molecule has 0 saturated heterocycles. The maximum atomic E-state index is 12.4. The van der Waals surface area contributed by atoms with Gasteiger partial charge in [-0.15, -0.1) is 0 Å². The van der Waals surface area contributed by atoms with Gasteiger partial charge in [-0.05, 0) is 25.7 Å². The smallest absolute Gasteiger partial charge is 0.309 e. The van der Waals surface area contributed by atoms with Crippen molar-refractivity contribution in [1.29, 1.82) is 0 Å². The molecule has 5 atom stereocenters. The van der Waals surface area contributed by atoms with Crippen molar-refractivity contribution in [3.63, 3.8) is 0 Å². The average molecular weight is 400 g/mol. The Balaban J connectivity index is 3.47. The molecule has 0 bridgehead atoms. The Morgan fingerprint density at radius 3 is 2.07 bits per heavy atom. The molecule has 9 heteroatoms. The Bertz CT molecular complexity index is 577. The summed E-state index contributed by atoms with van der Waals surface area (Å²) < 4.78 is 11.3. The van der Waals surface area contributed by atoms with E-state index in [0.29, 0.717) is 12.8 Å². The lowest BCUT2D eigenvalue weighted by Crippen LogP contribution is -2.64. The number of nitrogens with zero attached hydrogens (tertiary/aromatic N) is 2. The van der Waals surface area contributed by atoms with E-state index in [4.69, 9.17) is 9.47 Å². The third-order valence-electron chi connectivity index (χ3n) is 5.48. The second kappa shape index (κ2) is 10.5. The number of carbonyl (C=O) groups excluding carboxylic acids is 3. The van der Waals surface area contributed by atoms with Crippen LogP contribution < -0.4 is 0 Å². The normalized spacial score (nSPS) is 27.3. The molecule has 0 aliphatic heterocycles. The van der Waals surface area contributed by atoms with Crippen LogP contribution in [0.2, 0.25) is 0 Å². The van der Waals surface area contributed by atoms with Gasteiger partial charge >= 0.3 is 5.97 Å². The lowest BCUT2D eigenvalue weighted by Gasteiger charge is -2.45. The number of ether oxygens (including phenoxy) is 2. The summed E-state index contributed by atoms with van der Waals surface area (Å²) >= 11 is 0. The second-order valence-electron chi connectivity index (χ2n) is 7.24. The molecule has 0 aromatic rings. The van der Waals surface area contributed by atoms with E-state index in [9.17, 15) is 24.5 Å². The molecule has 0 heterocycles. The van der Waals surface area contributed by atoms with Gasteiger partial charge in [0.2, 0.25) is 17.9 Å². The Labute approximate surface area is 165 Å². The number of rotatable bonds is 8. The van der Waals surface area contributed by atoms with E-state index in [1.165, 1.54) is 13.8 Å². The van der Waals surface area contributed by atoms with Crippen LogP contribution in [0.1, 0.15) is 60.8 Å². The molecule has 0 N–H and O–H groups in total. The Hall–Kier alpha value is -2.03. The fourth-order valence-electron chi connectivity index (χ4n) is 4.01. The second-order valence-corrected chi connectivity index (χ2v) is 7.24. The van der Waals surface area contributed by atoms with Crippen LogP contribution in [-0.4, -0.2) is 58.5 Å². The highest BCUT2D eigenvalue weighted by atomic mass is 16.6. The summed E-state index contributed by atoms with van der Waals surface area (Å²) in [6.07, 6.45) is 0.178. The van der Waals surface area contributed by atoms with Gasteiger partial charge in [-0.3, -0.25) is 29.4 Å². The predicted molar refractivity (Wildman–Crippen MR) is 101 cm³/mol. The molecule has 0 unspecified atom stereocenters. The first-order chi connectivity index (χ1) is 13.1. The van der Waals surface area contributed by atoms with Gasteiger partial charge in [0.15, 0.2) is 0 Å². The SMILES string of the molecule is CCOC(=O)[C@@H]1C[C@H]([N+](=O)[O-])[C@@H](N(C(C)=O)C(C)=O)[C@H](OC(CC)CC)[C@@H]1C. The van der Waals surface area contributed by atoms with Crippen molar-refractivity contribution >= 4 is 17.8 Å². The number of imide groups is 1. The topological polar surface area (TPSA) is 116 Å². The molecule has 1 rings (SSSR count). The molecule has 28 heavy (non-hydrogen) atoms. The van der Waals surface area contributed by atoms with Gasteiger partial charge in [-0.1, -0.05) is 20.8 Å². The van der Waals surface area contributed by atoms with E-state index >= 15 is 0 Å². The number of nitro groups is 1. The van der Waals surface area contributed by atoms with E-state index in [1.54, 1.807) is 13.8 Å². The highest BCUT2D eigenvalue weighted by Crippen LogP contribution is 2.38. The molecule has 2 amide bonds. The summed E-state index contributed by atoms with van der Waals surface area (Å²) in [6, 6.07) is -2.39. The van der Waals surface area contributed by atoms with E-state index in [2.05, 4.69) is 0 Å². The summed E-state index contributed by atoms with van der Waals surface area (Å²) in [5.74, 6) is -2.88. The first-order valence-corrected chi connectivity index (χ1v) is 9.86. The van der Waals surface area contributed by atoms with Crippen molar-refractivity contribution < 1.29 is 28.8 Å². The average Bonchev–Trinajstić information content (AvgIpc) is 2.60.